The Labute approximate surface area is 149 Å². The summed E-state index contributed by atoms with van der Waals surface area (Å²) in [6, 6.07) is 10.2. The molecule has 1 aromatic carbocycles. The monoisotopic (exact) mass is 351 g/mol. The van der Waals surface area contributed by atoms with E-state index in [2.05, 4.69) is 15.2 Å². The number of pyridine rings is 1. The molecule has 26 heavy (non-hydrogen) atoms. The van der Waals surface area contributed by atoms with Crippen molar-refractivity contribution in [2.24, 2.45) is 16.0 Å². The summed E-state index contributed by atoms with van der Waals surface area (Å²) in [7, 11) is 1.32. The van der Waals surface area contributed by atoms with Gasteiger partial charge in [0, 0.05) is 11.8 Å². The van der Waals surface area contributed by atoms with Gasteiger partial charge in [-0.2, -0.15) is 0 Å². The molecule has 8 nitrogen and oxygen atoms in total. The molecule has 0 spiro atoms. The number of ether oxygens (including phenoxy) is 1. The summed E-state index contributed by atoms with van der Waals surface area (Å²) < 4.78 is 6.50. The molecule has 3 rings (SSSR count). The van der Waals surface area contributed by atoms with Crippen molar-refractivity contribution >= 4 is 29.0 Å². The van der Waals surface area contributed by atoms with E-state index in [4.69, 9.17) is 10.5 Å². The lowest BCUT2D eigenvalue weighted by Gasteiger charge is -2.00. The summed E-state index contributed by atoms with van der Waals surface area (Å²) in [5, 5.41) is 8.45. The number of rotatable bonds is 5. The molecule has 2 heterocycles. The predicted molar refractivity (Wildman–Crippen MR) is 94.8 cm³/mol. The average Bonchev–Trinajstić information content (AvgIpc) is 2.96. The number of hydrogen-bond donors (Lipinski definition) is 1. The third-order valence-electron chi connectivity index (χ3n) is 3.76. The smallest absolute Gasteiger partial charge is 0.311 e. The first-order valence-corrected chi connectivity index (χ1v) is 7.84. The number of primary amides is 1. The summed E-state index contributed by atoms with van der Waals surface area (Å²) in [5.41, 5.74) is 8.30. The van der Waals surface area contributed by atoms with E-state index in [1.165, 1.54) is 7.11 Å². The van der Waals surface area contributed by atoms with Crippen molar-refractivity contribution in [1.82, 2.24) is 9.38 Å². The quantitative estimate of drug-likeness (QED) is 0.562. The molecule has 0 aliphatic heterocycles. The van der Waals surface area contributed by atoms with Crippen LogP contribution in [-0.2, 0) is 16.0 Å². The Morgan fingerprint density at radius 2 is 1.88 bits per heavy atom. The summed E-state index contributed by atoms with van der Waals surface area (Å²) in [4.78, 5) is 27.2. The van der Waals surface area contributed by atoms with E-state index >= 15 is 0 Å². The van der Waals surface area contributed by atoms with Crippen molar-refractivity contribution in [1.29, 1.82) is 0 Å². The molecule has 0 radical (unpaired) electrons. The van der Waals surface area contributed by atoms with Crippen LogP contribution in [0.1, 0.15) is 21.6 Å². The molecule has 132 valence electrons. The van der Waals surface area contributed by atoms with Gasteiger partial charge < -0.3 is 10.5 Å². The van der Waals surface area contributed by atoms with Gasteiger partial charge in [-0.25, -0.2) is 4.98 Å². The summed E-state index contributed by atoms with van der Waals surface area (Å²) in [6.07, 6.45) is 1.86. The van der Waals surface area contributed by atoms with E-state index in [9.17, 15) is 9.59 Å². The Kier molecular flexibility index (Phi) is 4.74. The number of fused-ring (bicyclic) bond motifs is 1. The van der Waals surface area contributed by atoms with E-state index in [-0.39, 0.29) is 6.42 Å². The van der Waals surface area contributed by atoms with Crippen LogP contribution < -0.4 is 5.73 Å². The third kappa shape index (κ3) is 3.59. The minimum atomic E-state index is -0.508. The Morgan fingerprint density at radius 3 is 2.54 bits per heavy atom. The molecule has 8 heteroatoms. The van der Waals surface area contributed by atoms with Crippen molar-refractivity contribution in [2.75, 3.05) is 7.11 Å². The van der Waals surface area contributed by atoms with E-state index < -0.39 is 11.9 Å². The van der Waals surface area contributed by atoms with Gasteiger partial charge in [0.25, 0.3) is 0 Å². The van der Waals surface area contributed by atoms with Crippen molar-refractivity contribution in [3.8, 4) is 0 Å². The number of methoxy groups -OCH3 is 1. The maximum absolute atomic E-state index is 11.7. The van der Waals surface area contributed by atoms with E-state index in [1.54, 1.807) is 28.7 Å². The zero-order valence-corrected chi connectivity index (χ0v) is 14.3. The van der Waals surface area contributed by atoms with E-state index in [0.717, 1.165) is 5.56 Å². The van der Waals surface area contributed by atoms with E-state index in [1.807, 2.05) is 25.3 Å². The number of imidazole rings is 1. The minimum absolute atomic E-state index is 0.00774. The number of amides is 1. The number of carbonyl (C=O) groups is 2. The molecular formula is C18H17N5O3. The second-order valence-electron chi connectivity index (χ2n) is 5.68. The molecule has 0 atom stereocenters. The minimum Gasteiger partial charge on any atom is -0.469 e. The first-order chi connectivity index (χ1) is 12.5. The van der Waals surface area contributed by atoms with E-state index in [0.29, 0.717) is 28.4 Å². The lowest BCUT2D eigenvalue weighted by atomic mass is 10.2. The maximum Gasteiger partial charge on any atom is 0.311 e. The number of nitrogens with two attached hydrogens (primary N) is 1. The highest BCUT2D eigenvalue weighted by atomic mass is 16.5. The van der Waals surface area contributed by atoms with Crippen LogP contribution >= 0.6 is 0 Å². The number of hydrogen-bond acceptors (Lipinski definition) is 6. The van der Waals surface area contributed by atoms with Crippen LogP contribution in [0.5, 0.6) is 0 Å². The first-order valence-electron chi connectivity index (χ1n) is 7.84. The molecule has 2 N–H and O–H groups in total. The molecule has 2 aromatic heterocycles. The Balaban J connectivity index is 2.01. The van der Waals surface area contributed by atoms with Crippen LogP contribution in [0.15, 0.2) is 52.8 Å². The topological polar surface area (TPSA) is 111 Å². The fraction of sp³-hybridized carbons (Fsp3) is 0.167. The largest absolute Gasteiger partial charge is 0.469 e. The molecule has 0 saturated carbocycles. The Morgan fingerprint density at radius 1 is 1.15 bits per heavy atom. The fourth-order valence-corrected chi connectivity index (χ4v) is 2.42. The molecule has 0 unspecified atom stereocenters. The van der Waals surface area contributed by atoms with Gasteiger partial charge in [0.05, 0.1) is 24.9 Å². The molecule has 1 amide bonds. The molecule has 0 aliphatic rings. The van der Waals surface area contributed by atoms with Crippen LogP contribution in [0, 0.1) is 6.92 Å². The normalized spacial score (nSPS) is 11.2. The SMILES string of the molecule is COC(=O)Cc1nc2ccc(C)cn2c1N=Nc1ccc(C(N)=O)cc1. The number of aromatic nitrogens is 2. The van der Waals surface area contributed by atoms with Gasteiger partial charge in [0.15, 0.2) is 5.82 Å². The van der Waals surface area contributed by atoms with Crippen LogP contribution in [-0.4, -0.2) is 28.4 Å². The number of nitrogens with zero attached hydrogens (tertiary/aromatic N) is 4. The van der Waals surface area contributed by atoms with Crippen LogP contribution in [0.4, 0.5) is 11.5 Å². The molecule has 0 bridgehead atoms. The van der Waals surface area contributed by atoms with Gasteiger partial charge in [0.2, 0.25) is 5.91 Å². The van der Waals surface area contributed by atoms with Crippen molar-refractivity contribution in [3.63, 3.8) is 0 Å². The molecule has 0 aliphatic carbocycles. The standard InChI is InChI=1S/C18H17N5O3/c1-11-3-8-15-20-14(9-16(24)26-2)18(23(15)10-11)22-21-13-6-4-12(5-7-13)17(19)25/h3-8,10H,9H2,1-2H3,(H2,19,25). The maximum atomic E-state index is 11.7. The highest BCUT2D eigenvalue weighted by molar-refractivity contribution is 5.93. The number of azo groups is 1. The van der Waals surface area contributed by atoms with Crippen LogP contribution in [0.2, 0.25) is 0 Å². The van der Waals surface area contributed by atoms with Gasteiger partial charge in [-0.3, -0.25) is 14.0 Å². The molecule has 0 fully saturated rings. The van der Waals surface area contributed by atoms with Crippen LogP contribution in [0.3, 0.4) is 0 Å². The zero-order chi connectivity index (χ0) is 18.7. The van der Waals surface area contributed by atoms with Gasteiger partial charge in [-0.15, -0.1) is 10.2 Å². The number of carbonyl (C=O) groups excluding carboxylic acids is 2. The highest BCUT2D eigenvalue weighted by Gasteiger charge is 2.16. The Hall–Kier alpha value is -3.55. The van der Waals surface area contributed by atoms with Gasteiger partial charge in [0.1, 0.15) is 5.65 Å². The van der Waals surface area contributed by atoms with Gasteiger partial charge in [-0.1, -0.05) is 6.07 Å². The lowest BCUT2D eigenvalue weighted by Crippen LogP contribution is -2.10. The van der Waals surface area contributed by atoms with Gasteiger partial charge in [-0.05, 0) is 42.8 Å². The summed E-state index contributed by atoms with van der Waals surface area (Å²) in [6.45, 7) is 1.95. The predicted octanol–water partition coefficient (Wildman–Crippen LogP) is 2.87. The van der Waals surface area contributed by atoms with Crippen molar-refractivity contribution in [3.05, 3.63) is 59.4 Å². The lowest BCUT2D eigenvalue weighted by molar-refractivity contribution is -0.139. The molecule has 3 aromatic rings. The molecule has 0 saturated heterocycles. The fourth-order valence-electron chi connectivity index (χ4n) is 2.42. The van der Waals surface area contributed by atoms with Gasteiger partial charge >= 0.3 is 5.97 Å². The Bertz CT molecular complexity index is 1010. The molecular weight excluding hydrogens is 334 g/mol. The van der Waals surface area contributed by atoms with Crippen molar-refractivity contribution in [2.45, 2.75) is 13.3 Å². The summed E-state index contributed by atoms with van der Waals surface area (Å²) >= 11 is 0. The second-order valence-corrected chi connectivity index (χ2v) is 5.68. The average molecular weight is 351 g/mol. The zero-order valence-electron chi connectivity index (χ0n) is 14.3. The van der Waals surface area contributed by atoms with Crippen LogP contribution in [0.25, 0.3) is 5.65 Å². The second kappa shape index (κ2) is 7.14. The number of aryl methyl sites for hydroxylation is 1. The highest BCUT2D eigenvalue weighted by Crippen LogP contribution is 2.25. The third-order valence-corrected chi connectivity index (χ3v) is 3.76. The van der Waals surface area contributed by atoms with Crippen molar-refractivity contribution < 1.29 is 14.3 Å². The summed E-state index contributed by atoms with van der Waals surface area (Å²) in [5.74, 6) is -0.466. The number of esters is 1. The number of benzene rings is 1. The first kappa shape index (κ1) is 17.3.